The number of nitrogens with one attached hydrogen (secondary N) is 1. The van der Waals surface area contributed by atoms with Gasteiger partial charge in [-0.15, -0.1) is 0 Å². The molecule has 0 spiro atoms. The molecule has 170 valence electrons. The van der Waals surface area contributed by atoms with Gasteiger partial charge in [-0.1, -0.05) is 110 Å². The molecule has 0 aliphatic carbocycles. The summed E-state index contributed by atoms with van der Waals surface area (Å²) in [4.78, 5) is 23.9. The SMILES string of the molecule is C=CCOC(=O)NC(CCCC)C(=O)OCCCCCCCCCCCCCC. The van der Waals surface area contributed by atoms with Crippen molar-refractivity contribution < 1.29 is 19.1 Å². The molecule has 0 aromatic carbocycles. The van der Waals surface area contributed by atoms with Crippen LogP contribution < -0.4 is 5.32 Å². The molecule has 1 atom stereocenters. The zero-order valence-corrected chi connectivity index (χ0v) is 19.0. The molecular weight excluding hydrogens is 366 g/mol. The minimum atomic E-state index is -0.635. The second-order valence-electron chi connectivity index (χ2n) is 7.78. The van der Waals surface area contributed by atoms with Crippen LogP contribution in [0.4, 0.5) is 4.79 Å². The zero-order chi connectivity index (χ0) is 21.6. The predicted molar refractivity (Wildman–Crippen MR) is 120 cm³/mol. The third kappa shape index (κ3) is 18.3. The highest BCUT2D eigenvalue weighted by Gasteiger charge is 2.22. The molecule has 0 fully saturated rings. The van der Waals surface area contributed by atoms with E-state index in [0.717, 1.165) is 25.7 Å². The quantitative estimate of drug-likeness (QED) is 0.137. The molecule has 5 nitrogen and oxygen atoms in total. The van der Waals surface area contributed by atoms with Crippen LogP contribution in [0.3, 0.4) is 0 Å². The predicted octanol–water partition coefficient (Wildman–Crippen LogP) is 6.70. The van der Waals surface area contributed by atoms with Crippen LogP contribution in [0.15, 0.2) is 12.7 Å². The Kier molecular flexibility index (Phi) is 20.1. The van der Waals surface area contributed by atoms with Crippen LogP contribution in [-0.2, 0) is 14.3 Å². The van der Waals surface area contributed by atoms with E-state index in [4.69, 9.17) is 9.47 Å². The van der Waals surface area contributed by atoms with E-state index < -0.39 is 12.1 Å². The van der Waals surface area contributed by atoms with Gasteiger partial charge in [-0.05, 0) is 12.8 Å². The van der Waals surface area contributed by atoms with E-state index in [9.17, 15) is 9.59 Å². The van der Waals surface area contributed by atoms with Gasteiger partial charge in [0.2, 0.25) is 0 Å². The van der Waals surface area contributed by atoms with Crippen molar-refractivity contribution in [1.29, 1.82) is 0 Å². The maximum absolute atomic E-state index is 12.2. The largest absolute Gasteiger partial charge is 0.464 e. The van der Waals surface area contributed by atoms with Gasteiger partial charge in [0.25, 0.3) is 0 Å². The third-order valence-corrected chi connectivity index (χ3v) is 5.00. The Labute approximate surface area is 179 Å². The van der Waals surface area contributed by atoms with Crippen molar-refractivity contribution >= 4 is 12.1 Å². The molecule has 29 heavy (non-hydrogen) atoms. The zero-order valence-electron chi connectivity index (χ0n) is 19.0. The lowest BCUT2D eigenvalue weighted by atomic mass is 10.1. The molecule has 0 bridgehead atoms. The summed E-state index contributed by atoms with van der Waals surface area (Å²) in [6, 6.07) is -0.635. The molecule has 0 saturated heterocycles. The van der Waals surface area contributed by atoms with Gasteiger partial charge in [-0.2, -0.15) is 0 Å². The monoisotopic (exact) mass is 411 g/mol. The van der Waals surface area contributed by atoms with Gasteiger partial charge >= 0.3 is 12.1 Å². The molecule has 1 N–H and O–H groups in total. The normalized spacial score (nSPS) is 11.7. The summed E-state index contributed by atoms with van der Waals surface area (Å²) in [5.41, 5.74) is 0. The van der Waals surface area contributed by atoms with Gasteiger partial charge in [0, 0.05) is 0 Å². The Bertz CT molecular complexity index is 412. The van der Waals surface area contributed by atoms with E-state index in [0.29, 0.717) is 13.0 Å². The number of ether oxygens (including phenoxy) is 2. The molecule has 0 rings (SSSR count). The van der Waals surface area contributed by atoms with Gasteiger partial charge in [0.1, 0.15) is 12.6 Å². The number of hydrogen-bond acceptors (Lipinski definition) is 4. The number of esters is 1. The first kappa shape index (κ1) is 27.5. The topological polar surface area (TPSA) is 64.6 Å². The number of amides is 1. The fraction of sp³-hybridized carbons (Fsp3) is 0.833. The van der Waals surface area contributed by atoms with Crippen molar-refractivity contribution in [3.05, 3.63) is 12.7 Å². The lowest BCUT2D eigenvalue weighted by Crippen LogP contribution is -2.42. The molecule has 0 aromatic heterocycles. The van der Waals surface area contributed by atoms with Crippen LogP contribution in [0.1, 0.15) is 110 Å². The molecule has 0 saturated carbocycles. The van der Waals surface area contributed by atoms with Crippen LogP contribution in [0.5, 0.6) is 0 Å². The van der Waals surface area contributed by atoms with Crippen LogP contribution in [0, 0.1) is 0 Å². The molecule has 0 radical (unpaired) electrons. The minimum absolute atomic E-state index is 0.125. The fourth-order valence-electron chi connectivity index (χ4n) is 3.19. The average molecular weight is 412 g/mol. The minimum Gasteiger partial charge on any atom is -0.464 e. The fourth-order valence-corrected chi connectivity index (χ4v) is 3.19. The molecular formula is C24H45NO4. The molecule has 0 aliphatic rings. The van der Waals surface area contributed by atoms with Gasteiger partial charge < -0.3 is 14.8 Å². The van der Waals surface area contributed by atoms with Crippen molar-refractivity contribution in [3.8, 4) is 0 Å². The van der Waals surface area contributed by atoms with E-state index in [2.05, 4.69) is 18.8 Å². The first-order valence-corrected chi connectivity index (χ1v) is 11.9. The first-order valence-electron chi connectivity index (χ1n) is 11.9. The van der Waals surface area contributed by atoms with E-state index in [1.54, 1.807) is 0 Å². The number of carbonyl (C=O) groups is 2. The van der Waals surface area contributed by atoms with Crippen molar-refractivity contribution in [2.45, 2.75) is 116 Å². The Hall–Kier alpha value is -1.52. The van der Waals surface area contributed by atoms with Crippen molar-refractivity contribution in [2.75, 3.05) is 13.2 Å². The third-order valence-electron chi connectivity index (χ3n) is 5.00. The van der Waals surface area contributed by atoms with Gasteiger partial charge in [-0.3, -0.25) is 0 Å². The summed E-state index contributed by atoms with van der Waals surface area (Å²) in [6.07, 6.45) is 18.5. The highest BCUT2D eigenvalue weighted by Crippen LogP contribution is 2.12. The van der Waals surface area contributed by atoms with E-state index in [1.165, 1.54) is 70.3 Å². The highest BCUT2D eigenvalue weighted by molar-refractivity contribution is 5.81. The average Bonchev–Trinajstić information content (AvgIpc) is 2.72. The maximum Gasteiger partial charge on any atom is 0.408 e. The number of rotatable bonds is 20. The standard InChI is InChI=1S/C24H45NO4/c1-4-7-9-10-11-12-13-14-15-16-17-18-21-28-23(26)22(19-8-5-2)25-24(27)29-20-6-3/h6,22H,3-5,7-21H2,1-2H3,(H,25,27). The number of alkyl carbamates (subject to hydrolysis) is 1. The molecule has 0 heterocycles. The number of unbranched alkanes of at least 4 members (excludes halogenated alkanes) is 12. The Balaban J connectivity index is 3.73. The summed E-state index contributed by atoms with van der Waals surface area (Å²) >= 11 is 0. The molecule has 0 aliphatic heterocycles. The van der Waals surface area contributed by atoms with E-state index in [1.807, 2.05) is 6.92 Å². The van der Waals surface area contributed by atoms with Crippen molar-refractivity contribution in [3.63, 3.8) is 0 Å². The van der Waals surface area contributed by atoms with Crippen molar-refractivity contribution in [1.82, 2.24) is 5.32 Å². The molecule has 0 aromatic rings. The Morgan fingerprint density at radius 1 is 0.793 bits per heavy atom. The second kappa shape index (κ2) is 21.2. The molecule has 1 amide bonds. The number of hydrogen-bond donors (Lipinski definition) is 1. The summed E-state index contributed by atoms with van der Waals surface area (Å²) in [5.74, 6) is -0.364. The second-order valence-corrected chi connectivity index (χ2v) is 7.78. The summed E-state index contributed by atoms with van der Waals surface area (Å²) in [5, 5.41) is 2.60. The van der Waals surface area contributed by atoms with Crippen LogP contribution >= 0.6 is 0 Å². The summed E-state index contributed by atoms with van der Waals surface area (Å²) in [6.45, 7) is 8.34. The van der Waals surface area contributed by atoms with Gasteiger partial charge in [-0.25, -0.2) is 9.59 Å². The lowest BCUT2D eigenvalue weighted by Gasteiger charge is -2.17. The summed E-state index contributed by atoms with van der Waals surface area (Å²) in [7, 11) is 0. The van der Waals surface area contributed by atoms with Crippen LogP contribution in [0.25, 0.3) is 0 Å². The molecule has 1 unspecified atom stereocenters. The highest BCUT2D eigenvalue weighted by atomic mass is 16.6. The lowest BCUT2D eigenvalue weighted by molar-refractivity contribution is -0.146. The van der Waals surface area contributed by atoms with Gasteiger partial charge in [0.05, 0.1) is 6.61 Å². The first-order chi connectivity index (χ1) is 14.2. The Morgan fingerprint density at radius 2 is 1.31 bits per heavy atom. The van der Waals surface area contributed by atoms with Crippen LogP contribution in [-0.4, -0.2) is 31.3 Å². The Morgan fingerprint density at radius 3 is 1.83 bits per heavy atom. The maximum atomic E-state index is 12.2. The van der Waals surface area contributed by atoms with Crippen LogP contribution in [0.2, 0.25) is 0 Å². The van der Waals surface area contributed by atoms with E-state index >= 15 is 0 Å². The van der Waals surface area contributed by atoms with Gasteiger partial charge in [0.15, 0.2) is 0 Å². The molecule has 5 heteroatoms. The smallest absolute Gasteiger partial charge is 0.408 e. The van der Waals surface area contributed by atoms with E-state index in [-0.39, 0.29) is 12.6 Å². The number of carbonyl (C=O) groups excluding carboxylic acids is 2. The summed E-state index contributed by atoms with van der Waals surface area (Å²) < 4.78 is 10.3. The van der Waals surface area contributed by atoms with Crippen molar-refractivity contribution in [2.24, 2.45) is 0 Å².